The first kappa shape index (κ1) is 17.6. The van der Waals surface area contributed by atoms with Gasteiger partial charge in [-0.3, -0.25) is 4.55 Å². The summed E-state index contributed by atoms with van der Waals surface area (Å²) in [7, 11) is -4.94. The van der Waals surface area contributed by atoms with Crippen molar-refractivity contribution >= 4 is 22.1 Å². The summed E-state index contributed by atoms with van der Waals surface area (Å²) >= 11 is 0. The van der Waals surface area contributed by atoms with E-state index in [2.05, 4.69) is 13.2 Å². The van der Waals surface area contributed by atoms with Gasteiger partial charge in [0.05, 0.1) is 11.1 Å². The SMILES string of the molecule is C=CCc1cc(C(=O)O)c(S(=O)(=O)O)c(CC=C)c1C(=O)O. The van der Waals surface area contributed by atoms with Crippen LogP contribution in [0.3, 0.4) is 0 Å². The van der Waals surface area contributed by atoms with E-state index in [0.717, 1.165) is 6.07 Å². The summed E-state index contributed by atoms with van der Waals surface area (Å²) in [6.07, 6.45) is 2.37. The molecule has 0 amide bonds. The summed E-state index contributed by atoms with van der Waals surface area (Å²) in [5, 5.41) is 18.5. The number of carboxylic acids is 2. The number of allylic oxidation sites excluding steroid dienone is 2. The first-order valence-corrected chi connectivity index (χ1v) is 7.43. The zero-order valence-electron chi connectivity index (χ0n) is 11.4. The van der Waals surface area contributed by atoms with Gasteiger partial charge in [0.25, 0.3) is 10.1 Å². The van der Waals surface area contributed by atoms with Gasteiger partial charge in [-0.15, -0.1) is 13.2 Å². The van der Waals surface area contributed by atoms with E-state index in [9.17, 15) is 27.7 Å². The third-order valence-corrected chi connectivity index (χ3v) is 3.86. The number of aromatic carboxylic acids is 2. The van der Waals surface area contributed by atoms with E-state index in [1.54, 1.807) is 0 Å². The second-order valence-electron chi connectivity index (χ2n) is 4.34. The zero-order valence-corrected chi connectivity index (χ0v) is 12.3. The van der Waals surface area contributed by atoms with Gasteiger partial charge in [0.1, 0.15) is 4.90 Å². The molecule has 0 saturated heterocycles. The van der Waals surface area contributed by atoms with Crippen molar-refractivity contribution in [1.29, 1.82) is 0 Å². The number of benzene rings is 1. The molecule has 0 saturated carbocycles. The highest BCUT2D eigenvalue weighted by molar-refractivity contribution is 7.86. The molecular formula is C14H14O7S. The first-order valence-electron chi connectivity index (χ1n) is 5.99. The molecule has 1 aromatic rings. The maximum atomic E-state index is 11.5. The molecule has 8 heteroatoms. The average molecular weight is 326 g/mol. The van der Waals surface area contributed by atoms with Crippen molar-refractivity contribution in [3.63, 3.8) is 0 Å². The van der Waals surface area contributed by atoms with E-state index >= 15 is 0 Å². The van der Waals surface area contributed by atoms with E-state index in [0.29, 0.717) is 0 Å². The quantitative estimate of drug-likeness (QED) is 0.514. The van der Waals surface area contributed by atoms with Crippen LogP contribution >= 0.6 is 0 Å². The Labute approximate surface area is 127 Å². The van der Waals surface area contributed by atoms with Crippen molar-refractivity contribution in [2.75, 3.05) is 0 Å². The van der Waals surface area contributed by atoms with Gasteiger partial charge in [0, 0.05) is 0 Å². The molecule has 0 fully saturated rings. The van der Waals surface area contributed by atoms with E-state index in [1.165, 1.54) is 12.2 Å². The van der Waals surface area contributed by atoms with Crippen molar-refractivity contribution < 1.29 is 32.8 Å². The summed E-state index contributed by atoms with van der Waals surface area (Å²) in [6, 6.07) is 0.920. The smallest absolute Gasteiger partial charge is 0.337 e. The molecule has 22 heavy (non-hydrogen) atoms. The fourth-order valence-electron chi connectivity index (χ4n) is 2.16. The third kappa shape index (κ3) is 3.41. The lowest BCUT2D eigenvalue weighted by atomic mass is 9.93. The molecule has 0 bridgehead atoms. The maximum Gasteiger partial charge on any atom is 0.337 e. The molecular weight excluding hydrogens is 312 g/mol. The summed E-state index contributed by atoms with van der Waals surface area (Å²) in [5.41, 5.74) is -1.30. The maximum absolute atomic E-state index is 11.5. The van der Waals surface area contributed by atoms with E-state index in [4.69, 9.17) is 5.11 Å². The molecule has 1 rings (SSSR count). The van der Waals surface area contributed by atoms with E-state index < -0.39 is 32.5 Å². The van der Waals surface area contributed by atoms with Crippen LogP contribution in [-0.4, -0.2) is 35.1 Å². The van der Waals surface area contributed by atoms with Crippen LogP contribution in [0.2, 0.25) is 0 Å². The largest absolute Gasteiger partial charge is 0.478 e. The van der Waals surface area contributed by atoms with Crippen LogP contribution in [0.15, 0.2) is 36.3 Å². The Morgan fingerprint density at radius 3 is 2.00 bits per heavy atom. The average Bonchev–Trinajstić information content (AvgIpc) is 2.36. The molecule has 7 nitrogen and oxygen atoms in total. The van der Waals surface area contributed by atoms with Gasteiger partial charge in [-0.1, -0.05) is 12.2 Å². The molecule has 0 unspecified atom stereocenters. The number of hydrogen-bond acceptors (Lipinski definition) is 4. The normalized spacial score (nSPS) is 11.0. The lowest BCUT2D eigenvalue weighted by molar-refractivity contribution is 0.0675. The van der Waals surface area contributed by atoms with Gasteiger partial charge in [0.2, 0.25) is 0 Å². The van der Waals surface area contributed by atoms with Crippen molar-refractivity contribution in [1.82, 2.24) is 0 Å². The highest BCUT2D eigenvalue weighted by Crippen LogP contribution is 2.29. The Bertz CT molecular complexity index is 760. The summed E-state index contributed by atoms with van der Waals surface area (Å²) in [4.78, 5) is 21.8. The van der Waals surface area contributed by atoms with Gasteiger partial charge < -0.3 is 10.2 Å². The Hall–Kier alpha value is -2.45. The third-order valence-electron chi connectivity index (χ3n) is 2.88. The van der Waals surface area contributed by atoms with Gasteiger partial charge in [-0.05, 0) is 30.0 Å². The Kier molecular flexibility index (Phi) is 5.23. The zero-order chi connectivity index (χ0) is 17.1. The number of hydrogen-bond donors (Lipinski definition) is 3. The number of carbonyl (C=O) groups is 2. The minimum absolute atomic E-state index is 0.0256. The Morgan fingerprint density at radius 2 is 1.64 bits per heavy atom. The molecule has 3 N–H and O–H groups in total. The number of rotatable bonds is 7. The molecule has 0 aliphatic rings. The van der Waals surface area contributed by atoms with Crippen LogP contribution in [0, 0.1) is 0 Å². The molecule has 0 atom stereocenters. The second kappa shape index (κ2) is 6.54. The molecule has 0 aromatic heterocycles. The van der Waals surface area contributed by atoms with Gasteiger partial charge in [-0.25, -0.2) is 9.59 Å². The minimum atomic E-state index is -4.94. The molecule has 1 aromatic carbocycles. The Balaban J connectivity index is 4.07. The van der Waals surface area contributed by atoms with Crippen molar-refractivity contribution in [3.05, 3.63) is 53.6 Å². The topological polar surface area (TPSA) is 129 Å². The molecule has 0 radical (unpaired) electrons. The predicted molar refractivity (Wildman–Crippen MR) is 78.0 cm³/mol. The van der Waals surface area contributed by atoms with Crippen molar-refractivity contribution in [3.8, 4) is 0 Å². The fourth-order valence-corrected chi connectivity index (χ4v) is 3.08. The summed E-state index contributed by atoms with van der Waals surface area (Å²) in [5.74, 6) is -3.03. The van der Waals surface area contributed by atoms with Crippen LogP contribution in [0.1, 0.15) is 31.8 Å². The highest BCUT2D eigenvalue weighted by atomic mass is 32.2. The predicted octanol–water partition coefficient (Wildman–Crippen LogP) is 1.79. The second-order valence-corrected chi connectivity index (χ2v) is 5.70. The highest BCUT2D eigenvalue weighted by Gasteiger charge is 2.30. The Morgan fingerprint density at radius 1 is 1.09 bits per heavy atom. The number of carboxylic acid groups (broad SMARTS) is 2. The van der Waals surface area contributed by atoms with Crippen molar-refractivity contribution in [2.45, 2.75) is 17.7 Å². The monoisotopic (exact) mass is 326 g/mol. The molecule has 0 spiro atoms. The summed E-state index contributed by atoms with van der Waals surface area (Å²) in [6.45, 7) is 6.84. The standard InChI is InChI=1S/C14H14O7S/c1-3-5-8-7-10(13(15)16)12(22(19,20)21)9(6-4-2)11(8)14(17)18/h3-4,7H,1-2,5-6H2,(H,15,16)(H,17,18)(H,19,20,21). The van der Waals surface area contributed by atoms with Crippen LogP contribution in [0.4, 0.5) is 0 Å². The van der Waals surface area contributed by atoms with Gasteiger partial charge in [0.15, 0.2) is 0 Å². The fraction of sp³-hybridized carbons (Fsp3) is 0.143. The molecule has 0 heterocycles. The van der Waals surface area contributed by atoms with Crippen molar-refractivity contribution in [2.24, 2.45) is 0 Å². The van der Waals surface area contributed by atoms with Crippen LogP contribution < -0.4 is 0 Å². The van der Waals surface area contributed by atoms with E-state index in [1.807, 2.05) is 0 Å². The van der Waals surface area contributed by atoms with Gasteiger partial charge in [-0.2, -0.15) is 8.42 Å². The van der Waals surface area contributed by atoms with Crippen LogP contribution in [0.25, 0.3) is 0 Å². The lowest BCUT2D eigenvalue weighted by Crippen LogP contribution is -2.18. The molecule has 118 valence electrons. The van der Waals surface area contributed by atoms with Crippen LogP contribution in [0.5, 0.6) is 0 Å². The van der Waals surface area contributed by atoms with E-state index in [-0.39, 0.29) is 29.5 Å². The molecule has 0 aliphatic carbocycles. The minimum Gasteiger partial charge on any atom is -0.478 e. The lowest BCUT2D eigenvalue weighted by Gasteiger charge is -2.16. The van der Waals surface area contributed by atoms with Crippen LogP contribution in [-0.2, 0) is 23.0 Å². The molecule has 0 aliphatic heterocycles. The summed E-state index contributed by atoms with van der Waals surface area (Å²) < 4.78 is 32.4. The van der Waals surface area contributed by atoms with Gasteiger partial charge >= 0.3 is 11.9 Å². The first-order chi connectivity index (χ1) is 10.1.